The molecule has 4 rings (SSSR count). The zero-order valence-electron chi connectivity index (χ0n) is 17.8. The second-order valence-corrected chi connectivity index (χ2v) is 9.16. The van der Waals surface area contributed by atoms with Crippen molar-refractivity contribution in [2.75, 3.05) is 24.5 Å². The first-order chi connectivity index (χ1) is 14.5. The van der Waals surface area contributed by atoms with E-state index < -0.39 is 0 Å². The average molecular weight is 427 g/mol. The molecule has 0 aliphatic carbocycles. The average Bonchev–Trinajstić information content (AvgIpc) is 3.42. The van der Waals surface area contributed by atoms with Crippen molar-refractivity contribution in [2.24, 2.45) is 0 Å². The van der Waals surface area contributed by atoms with Gasteiger partial charge in [0.25, 0.3) is 0 Å². The smallest absolute Gasteiger partial charge is 0.239 e. The Morgan fingerprint density at radius 1 is 1.10 bits per heavy atom. The molecule has 0 bridgehead atoms. The molecule has 2 fully saturated rings. The third-order valence-corrected chi connectivity index (χ3v) is 6.89. The highest BCUT2D eigenvalue weighted by molar-refractivity contribution is 7.14. The number of carbonyl (C=O) groups excluding carboxylic acids is 2. The first kappa shape index (κ1) is 21.0. The number of likely N-dealkylation sites (tertiary alicyclic amines) is 2. The molecule has 1 atom stereocenters. The van der Waals surface area contributed by atoms with Crippen molar-refractivity contribution in [3.05, 3.63) is 40.9 Å². The number of anilines is 2. The molecule has 3 heterocycles. The molecule has 7 heteroatoms. The van der Waals surface area contributed by atoms with Crippen LogP contribution in [-0.4, -0.2) is 52.3 Å². The van der Waals surface area contributed by atoms with Gasteiger partial charge >= 0.3 is 0 Å². The number of nitrogens with zero attached hydrogens (tertiary/aromatic N) is 4. The number of benzene rings is 1. The van der Waals surface area contributed by atoms with Gasteiger partial charge in [-0.2, -0.15) is 0 Å². The summed E-state index contributed by atoms with van der Waals surface area (Å²) < 4.78 is 0. The fourth-order valence-electron chi connectivity index (χ4n) is 4.41. The van der Waals surface area contributed by atoms with Crippen LogP contribution >= 0.6 is 11.3 Å². The fraction of sp³-hybridized carbons (Fsp3) is 0.522. The lowest BCUT2D eigenvalue weighted by molar-refractivity contribution is -0.137. The van der Waals surface area contributed by atoms with Crippen molar-refractivity contribution in [3.8, 4) is 0 Å². The van der Waals surface area contributed by atoms with Crippen molar-refractivity contribution in [1.29, 1.82) is 0 Å². The third kappa shape index (κ3) is 4.57. The van der Waals surface area contributed by atoms with Crippen molar-refractivity contribution >= 4 is 34.0 Å². The maximum atomic E-state index is 13.0. The summed E-state index contributed by atoms with van der Waals surface area (Å²) >= 11 is 1.48. The molecule has 1 aromatic heterocycles. The number of hydrogen-bond acceptors (Lipinski definition) is 5. The predicted octanol–water partition coefficient (Wildman–Crippen LogP) is 4.11. The minimum atomic E-state index is -0.0557. The van der Waals surface area contributed by atoms with E-state index in [0.29, 0.717) is 11.7 Å². The van der Waals surface area contributed by atoms with Crippen LogP contribution < -0.4 is 4.90 Å². The van der Waals surface area contributed by atoms with Crippen LogP contribution in [0.1, 0.15) is 50.3 Å². The summed E-state index contributed by atoms with van der Waals surface area (Å²) in [7, 11) is 0. The van der Waals surface area contributed by atoms with Gasteiger partial charge in [-0.3, -0.25) is 19.4 Å². The maximum absolute atomic E-state index is 13.0. The fourth-order valence-corrected chi connectivity index (χ4v) is 5.29. The number of amides is 2. The molecule has 0 saturated carbocycles. The van der Waals surface area contributed by atoms with Crippen LogP contribution in [0.5, 0.6) is 0 Å². The molecule has 2 aliphatic heterocycles. The molecule has 0 spiro atoms. The van der Waals surface area contributed by atoms with Gasteiger partial charge < -0.3 is 4.90 Å². The molecule has 0 radical (unpaired) electrons. The molecular weight excluding hydrogens is 396 g/mol. The van der Waals surface area contributed by atoms with E-state index in [4.69, 9.17) is 4.98 Å². The first-order valence-corrected chi connectivity index (χ1v) is 11.8. The monoisotopic (exact) mass is 426 g/mol. The standard InChI is InChI=1S/C23H30N4O2S/c1-17-8-10-20(11-9-17)27(18(2)28)23-24-19(16-30-23)15-26-14-4-3-7-21(26)22(29)25-12-5-6-13-25/h8-11,16,21H,3-7,12-15H2,1-2H3. The van der Waals surface area contributed by atoms with E-state index in [9.17, 15) is 9.59 Å². The molecule has 160 valence electrons. The molecular formula is C23H30N4O2S. The van der Waals surface area contributed by atoms with Gasteiger partial charge in [-0.1, -0.05) is 24.1 Å². The van der Waals surface area contributed by atoms with Crippen molar-refractivity contribution in [1.82, 2.24) is 14.8 Å². The van der Waals surface area contributed by atoms with Crippen LogP contribution in [0.25, 0.3) is 0 Å². The van der Waals surface area contributed by atoms with E-state index in [-0.39, 0.29) is 17.9 Å². The first-order valence-electron chi connectivity index (χ1n) is 10.9. The Labute approximate surface area is 182 Å². The van der Waals surface area contributed by atoms with Crippen LogP contribution in [0.4, 0.5) is 10.8 Å². The van der Waals surface area contributed by atoms with Gasteiger partial charge in [0.15, 0.2) is 5.13 Å². The number of rotatable bonds is 5. The van der Waals surface area contributed by atoms with Crippen molar-refractivity contribution < 1.29 is 9.59 Å². The molecule has 30 heavy (non-hydrogen) atoms. The van der Waals surface area contributed by atoms with Crippen molar-refractivity contribution in [2.45, 2.75) is 58.5 Å². The second-order valence-electron chi connectivity index (χ2n) is 8.33. The second kappa shape index (κ2) is 9.27. The van der Waals surface area contributed by atoms with Crippen LogP contribution in [0.3, 0.4) is 0 Å². The van der Waals surface area contributed by atoms with Gasteiger partial charge in [0, 0.05) is 31.9 Å². The molecule has 2 aliphatic rings. The Hall–Kier alpha value is -2.25. The normalized spacial score (nSPS) is 19.8. The van der Waals surface area contributed by atoms with E-state index in [0.717, 1.165) is 68.7 Å². The molecule has 0 N–H and O–H groups in total. The zero-order valence-corrected chi connectivity index (χ0v) is 18.7. The Morgan fingerprint density at radius 2 is 1.80 bits per heavy atom. The van der Waals surface area contributed by atoms with Gasteiger partial charge in [-0.15, -0.1) is 11.3 Å². The number of hydrogen-bond donors (Lipinski definition) is 0. The molecule has 2 aromatic rings. The van der Waals surface area contributed by atoms with Gasteiger partial charge in [-0.25, -0.2) is 4.98 Å². The highest BCUT2D eigenvalue weighted by atomic mass is 32.1. The summed E-state index contributed by atoms with van der Waals surface area (Å²) in [5.74, 6) is 0.229. The predicted molar refractivity (Wildman–Crippen MR) is 120 cm³/mol. The summed E-state index contributed by atoms with van der Waals surface area (Å²) in [6.45, 7) is 6.96. The quantitative estimate of drug-likeness (QED) is 0.722. The number of thiazole rings is 1. The lowest BCUT2D eigenvalue weighted by atomic mass is 10.0. The molecule has 2 amide bonds. The number of aromatic nitrogens is 1. The molecule has 1 aromatic carbocycles. The summed E-state index contributed by atoms with van der Waals surface area (Å²) in [6.07, 6.45) is 5.38. The van der Waals surface area contributed by atoms with E-state index in [1.54, 1.807) is 11.8 Å². The Kier molecular flexibility index (Phi) is 6.49. The Morgan fingerprint density at radius 3 is 2.50 bits per heavy atom. The minimum absolute atomic E-state index is 0.0389. The van der Waals surface area contributed by atoms with E-state index in [1.165, 1.54) is 11.3 Å². The Bertz CT molecular complexity index is 889. The van der Waals surface area contributed by atoms with E-state index in [1.807, 2.05) is 41.5 Å². The molecule has 6 nitrogen and oxygen atoms in total. The van der Waals surface area contributed by atoms with Gasteiger partial charge in [0.05, 0.1) is 17.4 Å². The largest absolute Gasteiger partial charge is 0.341 e. The van der Waals surface area contributed by atoms with Gasteiger partial charge in [0.1, 0.15) is 0 Å². The van der Waals surface area contributed by atoms with Crippen molar-refractivity contribution in [3.63, 3.8) is 0 Å². The van der Waals surface area contributed by atoms with Crippen LogP contribution in [-0.2, 0) is 16.1 Å². The Balaban J connectivity index is 1.50. The molecule has 2 saturated heterocycles. The number of carbonyl (C=O) groups is 2. The van der Waals surface area contributed by atoms with E-state index >= 15 is 0 Å². The summed E-state index contributed by atoms with van der Waals surface area (Å²) in [5.41, 5.74) is 2.91. The summed E-state index contributed by atoms with van der Waals surface area (Å²) in [5, 5.41) is 2.70. The van der Waals surface area contributed by atoms with Gasteiger partial charge in [0.2, 0.25) is 11.8 Å². The topological polar surface area (TPSA) is 56.8 Å². The number of aryl methyl sites for hydroxylation is 1. The number of piperidine rings is 1. The van der Waals surface area contributed by atoms with Crippen LogP contribution in [0.2, 0.25) is 0 Å². The minimum Gasteiger partial charge on any atom is -0.341 e. The zero-order chi connectivity index (χ0) is 21.1. The van der Waals surface area contributed by atoms with Crippen LogP contribution in [0, 0.1) is 6.92 Å². The van der Waals surface area contributed by atoms with E-state index in [2.05, 4.69) is 4.90 Å². The third-order valence-electron chi connectivity index (χ3n) is 6.02. The summed E-state index contributed by atoms with van der Waals surface area (Å²) in [4.78, 5) is 36.1. The maximum Gasteiger partial charge on any atom is 0.239 e. The highest BCUT2D eigenvalue weighted by Crippen LogP contribution is 2.30. The van der Waals surface area contributed by atoms with Crippen LogP contribution in [0.15, 0.2) is 29.6 Å². The van der Waals surface area contributed by atoms with Gasteiger partial charge in [-0.05, 0) is 51.3 Å². The highest BCUT2D eigenvalue weighted by Gasteiger charge is 2.33. The molecule has 1 unspecified atom stereocenters. The SMILES string of the molecule is CC(=O)N(c1ccc(C)cc1)c1nc(CN2CCCCC2C(=O)N2CCCC2)cs1. The summed E-state index contributed by atoms with van der Waals surface area (Å²) in [6, 6.07) is 7.87. The lowest BCUT2D eigenvalue weighted by Gasteiger charge is -2.36. The lowest BCUT2D eigenvalue weighted by Crippen LogP contribution is -2.49.